The van der Waals surface area contributed by atoms with Gasteiger partial charge >= 0.3 is 5.69 Å². The number of fused-ring (bicyclic) bond motifs is 3. The third kappa shape index (κ3) is 4.30. The van der Waals surface area contributed by atoms with Crippen molar-refractivity contribution in [3.63, 3.8) is 0 Å². The van der Waals surface area contributed by atoms with E-state index in [0.717, 1.165) is 12.0 Å². The molecule has 0 saturated carbocycles. The van der Waals surface area contributed by atoms with E-state index in [9.17, 15) is 14.4 Å². The molecule has 8 nitrogen and oxygen atoms in total. The molecule has 172 valence electrons. The van der Waals surface area contributed by atoms with Crippen LogP contribution in [-0.4, -0.2) is 30.7 Å². The smallest absolute Gasteiger partial charge is 0.350 e. The second-order valence-electron chi connectivity index (χ2n) is 8.17. The van der Waals surface area contributed by atoms with Crippen LogP contribution in [0.5, 0.6) is 0 Å². The lowest BCUT2D eigenvalue weighted by Gasteiger charge is -2.13. The number of amides is 1. The van der Waals surface area contributed by atoms with Crippen molar-refractivity contribution in [2.45, 2.75) is 52.7 Å². The Kier molecular flexibility index (Phi) is 6.37. The molecule has 0 aliphatic heterocycles. The number of nitrogens with one attached hydrogen (secondary N) is 1. The molecule has 0 bridgehead atoms. The fraction of sp³-hybridized carbons (Fsp3) is 0.333. The highest BCUT2D eigenvalue weighted by Gasteiger charge is 2.19. The third-order valence-electron chi connectivity index (χ3n) is 5.72. The molecule has 0 radical (unpaired) electrons. The molecule has 33 heavy (non-hydrogen) atoms. The van der Waals surface area contributed by atoms with Gasteiger partial charge in [-0.3, -0.25) is 14.2 Å². The van der Waals surface area contributed by atoms with Crippen molar-refractivity contribution in [3.05, 3.63) is 79.5 Å². The normalized spacial score (nSPS) is 12.4. The Morgan fingerprint density at radius 1 is 1.12 bits per heavy atom. The molecule has 1 unspecified atom stereocenters. The molecule has 0 aliphatic carbocycles. The van der Waals surface area contributed by atoms with E-state index in [1.807, 2.05) is 32.9 Å². The number of carbonyl (C=O) groups is 1. The molecule has 0 saturated heterocycles. The SMILES string of the molecule is CCCn1c(=O)c2ccc(C(=O)NC(C)CC)cc2n2c(=O)n(Cc3ccc(Cl)cc3)nc12. The molecule has 2 heterocycles. The second kappa shape index (κ2) is 9.23. The number of aryl methyl sites for hydroxylation is 1. The van der Waals surface area contributed by atoms with E-state index < -0.39 is 0 Å². The van der Waals surface area contributed by atoms with Crippen molar-refractivity contribution in [2.24, 2.45) is 0 Å². The van der Waals surface area contributed by atoms with Crippen LogP contribution in [0.15, 0.2) is 52.1 Å². The first kappa shape index (κ1) is 22.8. The van der Waals surface area contributed by atoms with E-state index in [2.05, 4.69) is 10.4 Å². The van der Waals surface area contributed by atoms with Gasteiger partial charge in [-0.2, -0.15) is 0 Å². The molecule has 4 rings (SSSR count). The Morgan fingerprint density at radius 3 is 2.52 bits per heavy atom. The maximum Gasteiger partial charge on any atom is 0.352 e. The Bertz CT molecular complexity index is 1450. The molecule has 2 aromatic carbocycles. The van der Waals surface area contributed by atoms with E-state index in [4.69, 9.17) is 11.6 Å². The van der Waals surface area contributed by atoms with E-state index in [1.54, 1.807) is 30.3 Å². The van der Waals surface area contributed by atoms with Crippen LogP contribution in [0, 0.1) is 0 Å². The van der Waals surface area contributed by atoms with E-state index in [1.165, 1.54) is 13.6 Å². The molecule has 1 amide bonds. The first-order valence-corrected chi connectivity index (χ1v) is 11.4. The van der Waals surface area contributed by atoms with Gasteiger partial charge in [-0.25, -0.2) is 13.9 Å². The van der Waals surface area contributed by atoms with E-state index in [-0.39, 0.29) is 35.5 Å². The Labute approximate surface area is 195 Å². The fourth-order valence-corrected chi connectivity index (χ4v) is 3.88. The van der Waals surface area contributed by atoms with Gasteiger partial charge in [0, 0.05) is 23.2 Å². The fourth-order valence-electron chi connectivity index (χ4n) is 3.76. The zero-order chi connectivity index (χ0) is 23.7. The Hall–Kier alpha value is -3.39. The summed E-state index contributed by atoms with van der Waals surface area (Å²) in [7, 11) is 0. The Morgan fingerprint density at radius 2 is 1.85 bits per heavy atom. The largest absolute Gasteiger partial charge is 0.352 e. The predicted octanol–water partition coefficient (Wildman–Crippen LogP) is 3.45. The topological polar surface area (TPSA) is 90.4 Å². The van der Waals surface area contributed by atoms with Gasteiger partial charge in [0.2, 0.25) is 5.78 Å². The molecular weight excluding hydrogens is 442 g/mol. The number of benzene rings is 2. The summed E-state index contributed by atoms with van der Waals surface area (Å²) in [5.41, 5.74) is 0.985. The second-order valence-corrected chi connectivity index (χ2v) is 8.61. The number of rotatable bonds is 7. The summed E-state index contributed by atoms with van der Waals surface area (Å²) in [5, 5.41) is 8.38. The molecule has 1 atom stereocenters. The van der Waals surface area contributed by atoms with E-state index >= 15 is 0 Å². The van der Waals surface area contributed by atoms with Crippen LogP contribution >= 0.6 is 11.6 Å². The van der Waals surface area contributed by atoms with Crippen LogP contribution < -0.4 is 16.6 Å². The standard InChI is InChI=1S/C24H26ClN5O3/c1-4-12-28-22(32)19-11-8-17(21(31)26-15(3)5-2)13-20(19)30-23(28)27-29(24(30)33)14-16-6-9-18(25)10-7-16/h6-11,13,15H,4-5,12,14H2,1-3H3,(H,26,31). The molecule has 0 fully saturated rings. The van der Waals surface area contributed by atoms with Crippen molar-refractivity contribution in [1.29, 1.82) is 0 Å². The van der Waals surface area contributed by atoms with Crippen LogP contribution in [-0.2, 0) is 13.1 Å². The summed E-state index contributed by atoms with van der Waals surface area (Å²) in [5.74, 6) is 0.00606. The number of nitrogens with zero attached hydrogens (tertiary/aromatic N) is 4. The van der Waals surface area contributed by atoms with Gasteiger partial charge in [0.25, 0.3) is 11.5 Å². The summed E-state index contributed by atoms with van der Waals surface area (Å²) < 4.78 is 4.26. The summed E-state index contributed by atoms with van der Waals surface area (Å²) in [6, 6.07) is 12.0. The number of carbonyl (C=O) groups excluding carboxylic acids is 1. The van der Waals surface area contributed by atoms with Crippen LogP contribution in [0.25, 0.3) is 16.7 Å². The van der Waals surface area contributed by atoms with Gasteiger partial charge in [0.05, 0.1) is 17.4 Å². The van der Waals surface area contributed by atoms with Gasteiger partial charge in [0.1, 0.15) is 0 Å². The minimum atomic E-state index is -0.380. The average molecular weight is 468 g/mol. The molecule has 9 heteroatoms. The minimum Gasteiger partial charge on any atom is -0.350 e. The molecule has 0 spiro atoms. The lowest BCUT2D eigenvalue weighted by atomic mass is 10.1. The molecule has 1 N–H and O–H groups in total. The van der Waals surface area contributed by atoms with Crippen LogP contribution in [0.1, 0.15) is 49.5 Å². The van der Waals surface area contributed by atoms with Gasteiger partial charge in [-0.05, 0) is 55.7 Å². The summed E-state index contributed by atoms with van der Waals surface area (Å²) >= 11 is 5.97. The van der Waals surface area contributed by atoms with Gasteiger partial charge in [-0.15, -0.1) is 5.10 Å². The number of hydrogen-bond donors (Lipinski definition) is 1. The number of hydrogen-bond acceptors (Lipinski definition) is 4. The van der Waals surface area contributed by atoms with E-state index in [0.29, 0.717) is 34.5 Å². The lowest BCUT2D eigenvalue weighted by Crippen LogP contribution is -2.32. The highest BCUT2D eigenvalue weighted by molar-refractivity contribution is 6.30. The van der Waals surface area contributed by atoms with Gasteiger partial charge in [-0.1, -0.05) is 37.6 Å². The van der Waals surface area contributed by atoms with Gasteiger partial charge in [0.15, 0.2) is 0 Å². The number of halogens is 1. The van der Waals surface area contributed by atoms with Crippen LogP contribution in [0.2, 0.25) is 5.02 Å². The monoisotopic (exact) mass is 467 g/mol. The Balaban J connectivity index is 1.93. The van der Waals surface area contributed by atoms with Crippen molar-refractivity contribution in [2.75, 3.05) is 0 Å². The molecule has 0 aliphatic rings. The highest BCUT2D eigenvalue weighted by atomic mass is 35.5. The van der Waals surface area contributed by atoms with Crippen molar-refractivity contribution >= 4 is 34.2 Å². The summed E-state index contributed by atoms with van der Waals surface area (Å²) in [4.78, 5) is 39.3. The molecule has 4 aromatic rings. The summed E-state index contributed by atoms with van der Waals surface area (Å²) in [6.07, 6.45) is 1.50. The van der Waals surface area contributed by atoms with Crippen LogP contribution in [0.4, 0.5) is 0 Å². The highest BCUT2D eigenvalue weighted by Crippen LogP contribution is 2.16. The minimum absolute atomic E-state index is 0.00983. The van der Waals surface area contributed by atoms with Crippen molar-refractivity contribution in [3.8, 4) is 0 Å². The maximum atomic E-state index is 13.4. The first-order valence-electron chi connectivity index (χ1n) is 11.1. The maximum absolute atomic E-state index is 13.4. The average Bonchev–Trinajstić information content (AvgIpc) is 3.13. The predicted molar refractivity (Wildman–Crippen MR) is 129 cm³/mol. The quantitative estimate of drug-likeness (QED) is 0.450. The van der Waals surface area contributed by atoms with Crippen molar-refractivity contribution in [1.82, 2.24) is 24.1 Å². The molecule has 2 aromatic heterocycles. The first-order chi connectivity index (χ1) is 15.8. The lowest BCUT2D eigenvalue weighted by molar-refractivity contribution is 0.0939. The van der Waals surface area contributed by atoms with Crippen LogP contribution in [0.3, 0.4) is 0 Å². The number of aromatic nitrogens is 4. The third-order valence-corrected chi connectivity index (χ3v) is 5.97. The zero-order valence-corrected chi connectivity index (χ0v) is 19.6. The van der Waals surface area contributed by atoms with Crippen molar-refractivity contribution < 1.29 is 4.79 Å². The van der Waals surface area contributed by atoms with Gasteiger partial charge < -0.3 is 5.32 Å². The summed E-state index contributed by atoms with van der Waals surface area (Å²) in [6.45, 7) is 6.52. The zero-order valence-electron chi connectivity index (χ0n) is 18.8. The molecular formula is C24H26ClN5O3.